The van der Waals surface area contributed by atoms with Crippen LogP contribution in [0.15, 0.2) is 48.5 Å². The molecule has 0 atom stereocenters. The van der Waals surface area contributed by atoms with Gasteiger partial charge < -0.3 is 25.0 Å². The molecule has 128 valence electrons. The lowest BCUT2D eigenvalue weighted by atomic mass is 10.2. The van der Waals surface area contributed by atoms with Crippen molar-refractivity contribution in [2.24, 2.45) is 0 Å². The van der Waals surface area contributed by atoms with Gasteiger partial charge in [0.15, 0.2) is 6.73 Å². The molecule has 2 N–H and O–H groups in total. The zero-order valence-corrected chi connectivity index (χ0v) is 14.2. The van der Waals surface area contributed by atoms with Crippen LogP contribution in [0.5, 0.6) is 11.5 Å². The van der Waals surface area contributed by atoms with Gasteiger partial charge in [0.2, 0.25) is 0 Å². The molecule has 2 aromatic rings. The summed E-state index contributed by atoms with van der Waals surface area (Å²) in [6.45, 7) is 2.63. The first-order valence-electron chi connectivity index (χ1n) is 7.76. The summed E-state index contributed by atoms with van der Waals surface area (Å²) in [4.78, 5) is 13.8. The van der Waals surface area contributed by atoms with Gasteiger partial charge in [0.05, 0.1) is 6.61 Å². The van der Waals surface area contributed by atoms with Crippen molar-refractivity contribution in [3.05, 3.63) is 48.5 Å². The number of nitrogens with one attached hydrogen (secondary N) is 2. The van der Waals surface area contributed by atoms with E-state index >= 15 is 0 Å². The highest BCUT2D eigenvalue weighted by Crippen LogP contribution is 2.17. The fourth-order valence-corrected chi connectivity index (χ4v) is 2.00. The molecular weight excluding hydrogens is 306 g/mol. The van der Waals surface area contributed by atoms with Crippen molar-refractivity contribution in [3.63, 3.8) is 0 Å². The van der Waals surface area contributed by atoms with E-state index in [4.69, 9.17) is 9.47 Å². The summed E-state index contributed by atoms with van der Waals surface area (Å²) in [7, 11) is 3.93. The van der Waals surface area contributed by atoms with E-state index in [1.807, 2.05) is 62.3 Å². The van der Waals surface area contributed by atoms with Gasteiger partial charge in [-0.25, -0.2) is 4.79 Å². The van der Waals surface area contributed by atoms with Crippen molar-refractivity contribution in [2.45, 2.75) is 6.92 Å². The van der Waals surface area contributed by atoms with Gasteiger partial charge in [0.25, 0.3) is 0 Å². The summed E-state index contributed by atoms with van der Waals surface area (Å²) in [6.07, 6.45) is 0. The number of rotatable bonds is 7. The minimum absolute atomic E-state index is 0.0790. The predicted molar refractivity (Wildman–Crippen MR) is 96.0 cm³/mol. The standard InChI is InChI=1S/C18H23N3O3/c1-4-23-16-9-11-17(12-10-16)24-13-19-18(22)20-14-5-7-15(8-6-14)21(2)3/h5-12H,4,13H2,1-3H3,(H2,19,20,22). The number of hydrogen-bond donors (Lipinski definition) is 2. The van der Waals surface area contributed by atoms with Crippen LogP contribution in [0.25, 0.3) is 0 Å². The average molecular weight is 329 g/mol. The molecule has 0 unspecified atom stereocenters. The Bertz CT molecular complexity index is 640. The molecule has 0 aromatic heterocycles. The van der Waals surface area contributed by atoms with Crippen LogP contribution in [0, 0.1) is 0 Å². The number of urea groups is 1. The zero-order valence-electron chi connectivity index (χ0n) is 14.2. The number of carbonyl (C=O) groups excluding carboxylic acids is 1. The van der Waals surface area contributed by atoms with Gasteiger partial charge in [-0.15, -0.1) is 0 Å². The zero-order chi connectivity index (χ0) is 17.4. The van der Waals surface area contributed by atoms with E-state index in [1.54, 1.807) is 12.1 Å². The molecule has 6 heteroatoms. The number of amides is 2. The third-order valence-electron chi connectivity index (χ3n) is 3.25. The number of hydrogen-bond acceptors (Lipinski definition) is 4. The first kappa shape index (κ1) is 17.5. The van der Waals surface area contributed by atoms with E-state index in [0.29, 0.717) is 12.4 Å². The topological polar surface area (TPSA) is 62.8 Å². The maximum Gasteiger partial charge on any atom is 0.321 e. The maximum absolute atomic E-state index is 11.8. The van der Waals surface area contributed by atoms with Crippen LogP contribution in [-0.4, -0.2) is 33.5 Å². The highest BCUT2D eigenvalue weighted by Gasteiger charge is 2.02. The fourth-order valence-electron chi connectivity index (χ4n) is 2.00. The normalized spacial score (nSPS) is 9.96. The van der Waals surface area contributed by atoms with Crippen LogP contribution in [-0.2, 0) is 0 Å². The molecule has 2 amide bonds. The summed E-state index contributed by atoms with van der Waals surface area (Å²) in [6, 6.07) is 14.5. The molecule has 0 spiro atoms. The van der Waals surface area contributed by atoms with Gasteiger partial charge in [-0.05, 0) is 55.5 Å². The third-order valence-corrected chi connectivity index (χ3v) is 3.25. The summed E-state index contributed by atoms with van der Waals surface area (Å²) in [5.41, 5.74) is 1.79. The molecule has 0 fully saturated rings. The molecule has 0 saturated carbocycles. The lowest BCUT2D eigenvalue weighted by molar-refractivity contribution is 0.234. The smallest absolute Gasteiger partial charge is 0.321 e. The van der Waals surface area contributed by atoms with Crippen LogP contribution in [0.3, 0.4) is 0 Å². The van der Waals surface area contributed by atoms with Crippen molar-refractivity contribution in [2.75, 3.05) is 37.6 Å². The molecule has 2 aromatic carbocycles. The van der Waals surface area contributed by atoms with Crippen LogP contribution >= 0.6 is 0 Å². The van der Waals surface area contributed by atoms with Gasteiger partial charge in [-0.1, -0.05) is 0 Å². The third kappa shape index (κ3) is 5.39. The van der Waals surface area contributed by atoms with Gasteiger partial charge >= 0.3 is 6.03 Å². The number of anilines is 2. The Balaban J connectivity index is 1.74. The second kappa shape index (κ2) is 8.67. The van der Waals surface area contributed by atoms with Crippen molar-refractivity contribution in [3.8, 4) is 11.5 Å². The molecule has 6 nitrogen and oxygen atoms in total. The van der Waals surface area contributed by atoms with E-state index in [2.05, 4.69) is 10.6 Å². The Labute approximate surface area is 142 Å². The van der Waals surface area contributed by atoms with Crippen molar-refractivity contribution < 1.29 is 14.3 Å². The highest BCUT2D eigenvalue weighted by atomic mass is 16.5. The number of ether oxygens (including phenoxy) is 2. The first-order chi connectivity index (χ1) is 11.6. The lowest BCUT2D eigenvalue weighted by Gasteiger charge is -2.13. The van der Waals surface area contributed by atoms with Gasteiger partial charge in [0.1, 0.15) is 11.5 Å². The molecule has 0 bridgehead atoms. The summed E-state index contributed by atoms with van der Waals surface area (Å²) < 4.78 is 10.8. The van der Waals surface area contributed by atoms with Crippen LogP contribution in [0.1, 0.15) is 6.92 Å². The number of carbonyl (C=O) groups is 1. The number of nitrogens with zero attached hydrogens (tertiary/aromatic N) is 1. The van der Waals surface area contributed by atoms with Gasteiger partial charge in [0, 0.05) is 25.5 Å². The molecule has 0 aliphatic heterocycles. The van der Waals surface area contributed by atoms with Crippen LogP contribution < -0.4 is 25.0 Å². The molecular formula is C18H23N3O3. The quantitative estimate of drug-likeness (QED) is 0.765. The first-order valence-corrected chi connectivity index (χ1v) is 7.76. The monoisotopic (exact) mass is 329 g/mol. The lowest BCUT2D eigenvalue weighted by Crippen LogP contribution is -2.32. The van der Waals surface area contributed by atoms with Crippen molar-refractivity contribution in [1.82, 2.24) is 5.32 Å². The summed E-state index contributed by atoms with van der Waals surface area (Å²) >= 11 is 0. The second-order valence-corrected chi connectivity index (χ2v) is 5.27. The maximum atomic E-state index is 11.8. The largest absolute Gasteiger partial charge is 0.494 e. The van der Waals surface area contributed by atoms with Crippen molar-refractivity contribution >= 4 is 17.4 Å². The Kier molecular flexibility index (Phi) is 6.31. The minimum Gasteiger partial charge on any atom is -0.494 e. The Morgan fingerprint density at radius 3 is 2.08 bits per heavy atom. The van der Waals surface area contributed by atoms with E-state index < -0.39 is 0 Å². The van der Waals surface area contributed by atoms with Gasteiger partial charge in [-0.3, -0.25) is 0 Å². The summed E-state index contributed by atoms with van der Waals surface area (Å²) in [5.74, 6) is 1.45. The fraction of sp³-hybridized carbons (Fsp3) is 0.278. The average Bonchev–Trinajstić information content (AvgIpc) is 2.57. The molecule has 0 saturated heterocycles. The van der Waals surface area contributed by atoms with Crippen molar-refractivity contribution in [1.29, 1.82) is 0 Å². The minimum atomic E-state index is -0.321. The van der Waals surface area contributed by atoms with Crippen LogP contribution in [0.4, 0.5) is 16.2 Å². The predicted octanol–water partition coefficient (Wildman–Crippen LogP) is 3.31. The SMILES string of the molecule is CCOc1ccc(OCNC(=O)Nc2ccc(N(C)C)cc2)cc1. The summed E-state index contributed by atoms with van der Waals surface area (Å²) in [5, 5.41) is 5.39. The molecule has 0 aliphatic rings. The molecule has 0 radical (unpaired) electrons. The van der Waals surface area contributed by atoms with E-state index in [-0.39, 0.29) is 12.8 Å². The van der Waals surface area contributed by atoms with Gasteiger partial charge in [-0.2, -0.15) is 0 Å². The Morgan fingerprint density at radius 1 is 0.958 bits per heavy atom. The number of benzene rings is 2. The van der Waals surface area contributed by atoms with E-state index in [9.17, 15) is 4.79 Å². The van der Waals surface area contributed by atoms with Crippen LogP contribution in [0.2, 0.25) is 0 Å². The van der Waals surface area contributed by atoms with E-state index in [1.165, 1.54) is 0 Å². The molecule has 0 heterocycles. The Morgan fingerprint density at radius 2 is 1.54 bits per heavy atom. The molecule has 24 heavy (non-hydrogen) atoms. The molecule has 0 aliphatic carbocycles. The highest BCUT2D eigenvalue weighted by molar-refractivity contribution is 5.89. The molecule has 2 rings (SSSR count). The van der Waals surface area contributed by atoms with E-state index in [0.717, 1.165) is 17.1 Å². The Hall–Kier alpha value is -2.89. The second-order valence-electron chi connectivity index (χ2n) is 5.27.